The van der Waals surface area contributed by atoms with Crippen LogP contribution in [0.3, 0.4) is 0 Å². The summed E-state index contributed by atoms with van der Waals surface area (Å²) in [5.41, 5.74) is 1.03. The van der Waals surface area contributed by atoms with Crippen LogP contribution in [-0.2, 0) is 11.6 Å². The lowest BCUT2D eigenvalue weighted by Gasteiger charge is -2.23. The number of benzene rings is 3. The Morgan fingerprint density at radius 3 is 2.24 bits per heavy atom. The molecule has 0 aliphatic heterocycles. The van der Waals surface area contributed by atoms with Gasteiger partial charge in [0.2, 0.25) is 0 Å². The van der Waals surface area contributed by atoms with Gasteiger partial charge in [-0.05, 0) is 51.9 Å². The molecule has 5 heteroatoms. The van der Waals surface area contributed by atoms with Gasteiger partial charge in [0.1, 0.15) is 0 Å². The summed E-state index contributed by atoms with van der Waals surface area (Å²) in [5, 5.41) is 1.70. The highest BCUT2D eigenvalue weighted by Crippen LogP contribution is 2.47. The molecule has 5 aromatic rings. The Labute approximate surface area is 205 Å². The summed E-state index contributed by atoms with van der Waals surface area (Å²) in [6, 6.07) is 20.4. The number of pyridine rings is 1. The molecule has 0 saturated carbocycles. The number of aromatic nitrogens is 1. The number of halogens is 3. The average Bonchev–Trinajstić information content (AvgIpc) is 3.23. The summed E-state index contributed by atoms with van der Waals surface area (Å²) in [6.45, 7) is 3.49. The minimum absolute atomic E-state index is 0.218. The monoisotopic (exact) mass is 478 g/mol. The standard InChI is InChI=1S/C29H24F3NS/c1-17-24-23(29(30,31)32)16-33-25(27(24)34-26(17)18-10-6-5-7-11-18)20-14-19-12-8-9-13-21(19)22(15-20)28(2,3)4/h5-16H,1-4H3/i1D3. The zero-order valence-electron chi connectivity index (χ0n) is 21.9. The molecule has 0 saturated heterocycles. The minimum atomic E-state index is -4.77. The Hall–Kier alpha value is -3.18. The molecule has 0 unspecified atom stereocenters. The predicted octanol–water partition coefficient (Wildman–Crippen LogP) is 9.41. The van der Waals surface area contributed by atoms with Crippen molar-refractivity contribution in [2.75, 3.05) is 0 Å². The van der Waals surface area contributed by atoms with E-state index >= 15 is 0 Å². The molecule has 0 fully saturated rings. The summed E-state index contributed by atoms with van der Waals surface area (Å²) < 4.78 is 67.6. The van der Waals surface area contributed by atoms with Gasteiger partial charge in [-0.15, -0.1) is 11.3 Å². The van der Waals surface area contributed by atoms with Gasteiger partial charge in [0.15, 0.2) is 0 Å². The lowest BCUT2D eigenvalue weighted by molar-refractivity contribution is -0.136. The summed E-state index contributed by atoms with van der Waals surface area (Å²) in [5.74, 6) is 0. The van der Waals surface area contributed by atoms with E-state index in [0.29, 0.717) is 21.7 Å². The Bertz CT molecular complexity index is 1630. The first-order chi connectivity index (χ1) is 17.3. The van der Waals surface area contributed by atoms with Crippen LogP contribution in [0.15, 0.2) is 72.9 Å². The third-order valence-electron chi connectivity index (χ3n) is 6.00. The maximum atomic E-state index is 14.2. The second kappa shape index (κ2) is 7.95. The van der Waals surface area contributed by atoms with Gasteiger partial charge in [-0.2, -0.15) is 13.2 Å². The van der Waals surface area contributed by atoms with Crippen LogP contribution in [0.25, 0.3) is 42.6 Å². The number of fused-ring (bicyclic) bond motifs is 2. The second-order valence-corrected chi connectivity index (χ2v) is 10.4. The lowest BCUT2D eigenvalue weighted by atomic mass is 9.82. The van der Waals surface area contributed by atoms with Crippen molar-refractivity contribution in [3.63, 3.8) is 0 Å². The van der Waals surface area contributed by atoms with Crippen molar-refractivity contribution in [3.8, 4) is 21.7 Å². The van der Waals surface area contributed by atoms with Crippen LogP contribution in [0.1, 0.15) is 41.6 Å². The van der Waals surface area contributed by atoms with E-state index in [0.717, 1.165) is 33.9 Å². The first kappa shape index (κ1) is 19.2. The molecule has 0 atom stereocenters. The molecule has 0 amide bonds. The van der Waals surface area contributed by atoms with Crippen molar-refractivity contribution in [2.24, 2.45) is 0 Å². The van der Waals surface area contributed by atoms with Crippen molar-refractivity contribution < 1.29 is 17.3 Å². The Morgan fingerprint density at radius 2 is 1.56 bits per heavy atom. The van der Waals surface area contributed by atoms with Crippen LogP contribution in [0, 0.1) is 6.85 Å². The molecule has 34 heavy (non-hydrogen) atoms. The van der Waals surface area contributed by atoms with Crippen LogP contribution in [0.2, 0.25) is 0 Å². The fraction of sp³-hybridized carbons (Fsp3) is 0.207. The van der Waals surface area contributed by atoms with Gasteiger partial charge >= 0.3 is 6.18 Å². The van der Waals surface area contributed by atoms with E-state index in [2.05, 4.69) is 25.8 Å². The molecule has 3 aromatic carbocycles. The van der Waals surface area contributed by atoms with Crippen LogP contribution in [0.5, 0.6) is 0 Å². The Morgan fingerprint density at radius 1 is 0.853 bits per heavy atom. The minimum Gasteiger partial charge on any atom is -0.254 e. The molecule has 2 heterocycles. The molecular weight excluding hydrogens is 451 g/mol. The van der Waals surface area contributed by atoms with Gasteiger partial charge in [-0.3, -0.25) is 4.98 Å². The second-order valence-electron chi connectivity index (χ2n) is 9.39. The molecule has 0 spiro atoms. The molecule has 0 radical (unpaired) electrons. The number of aryl methyl sites for hydroxylation is 1. The molecule has 1 nitrogen and oxygen atoms in total. The van der Waals surface area contributed by atoms with E-state index in [9.17, 15) is 13.2 Å². The molecule has 0 aliphatic carbocycles. The van der Waals surface area contributed by atoms with Gasteiger partial charge in [0.05, 0.1) is 16.0 Å². The molecule has 0 aliphatic rings. The van der Waals surface area contributed by atoms with Crippen molar-refractivity contribution in [1.29, 1.82) is 0 Å². The fourth-order valence-corrected chi connectivity index (χ4v) is 5.63. The van der Waals surface area contributed by atoms with Crippen LogP contribution in [-0.4, -0.2) is 4.98 Å². The number of hydrogen-bond acceptors (Lipinski definition) is 2. The summed E-state index contributed by atoms with van der Waals surface area (Å²) in [4.78, 5) is 4.61. The normalized spacial score (nSPS) is 14.2. The van der Waals surface area contributed by atoms with E-state index in [1.807, 2.05) is 36.4 Å². The lowest BCUT2D eigenvalue weighted by Crippen LogP contribution is -2.12. The molecule has 0 bridgehead atoms. The number of thiophene rings is 1. The Balaban J connectivity index is 1.94. The van der Waals surface area contributed by atoms with Crippen LogP contribution in [0.4, 0.5) is 13.2 Å². The topological polar surface area (TPSA) is 12.9 Å². The van der Waals surface area contributed by atoms with E-state index in [4.69, 9.17) is 4.11 Å². The molecule has 0 N–H and O–H groups in total. The molecular formula is C29H24F3NS. The van der Waals surface area contributed by atoms with Crippen molar-refractivity contribution in [1.82, 2.24) is 4.98 Å². The SMILES string of the molecule is [2H]C([2H])([2H])c1c(-c2ccccc2)sc2c(-c3cc(C(C)(C)C)c4ccccc4c3)ncc(C(F)(F)F)c12. The van der Waals surface area contributed by atoms with Crippen LogP contribution >= 0.6 is 11.3 Å². The molecule has 172 valence electrons. The maximum absolute atomic E-state index is 14.2. The van der Waals surface area contributed by atoms with Crippen molar-refractivity contribution >= 4 is 32.2 Å². The largest absolute Gasteiger partial charge is 0.418 e. The highest BCUT2D eigenvalue weighted by molar-refractivity contribution is 7.23. The van der Waals surface area contributed by atoms with Crippen molar-refractivity contribution in [3.05, 3.63) is 89.6 Å². The summed E-state index contributed by atoms with van der Waals surface area (Å²) in [6.07, 6.45) is -3.99. The van der Waals surface area contributed by atoms with Gasteiger partial charge in [0, 0.05) is 26.1 Å². The number of alkyl halides is 3. The van der Waals surface area contributed by atoms with Gasteiger partial charge in [-0.1, -0.05) is 75.4 Å². The first-order valence-corrected chi connectivity index (χ1v) is 11.7. The quantitative estimate of drug-likeness (QED) is 0.246. The Kier molecular flexibility index (Phi) is 4.48. The highest BCUT2D eigenvalue weighted by Gasteiger charge is 2.36. The average molecular weight is 479 g/mol. The fourth-order valence-electron chi connectivity index (χ4n) is 4.39. The zero-order valence-corrected chi connectivity index (χ0v) is 19.7. The summed E-state index contributed by atoms with van der Waals surface area (Å²) >= 11 is 1.05. The summed E-state index contributed by atoms with van der Waals surface area (Å²) in [7, 11) is 0. The smallest absolute Gasteiger partial charge is 0.254 e. The third-order valence-corrected chi connectivity index (χ3v) is 7.25. The predicted molar refractivity (Wildman–Crippen MR) is 136 cm³/mol. The highest BCUT2D eigenvalue weighted by atomic mass is 32.1. The number of hydrogen-bond donors (Lipinski definition) is 0. The van der Waals surface area contributed by atoms with E-state index in [1.165, 1.54) is 0 Å². The number of rotatable bonds is 2. The third kappa shape index (κ3) is 3.78. The zero-order chi connectivity index (χ0) is 26.8. The van der Waals surface area contributed by atoms with E-state index in [-0.39, 0.29) is 21.1 Å². The van der Waals surface area contributed by atoms with Gasteiger partial charge in [0.25, 0.3) is 0 Å². The van der Waals surface area contributed by atoms with E-state index < -0.39 is 18.6 Å². The number of nitrogens with zero attached hydrogens (tertiary/aromatic N) is 1. The molecule has 2 aromatic heterocycles. The maximum Gasteiger partial charge on any atom is 0.418 e. The van der Waals surface area contributed by atoms with Gasteiger partial charge in [-0.25, -0.2) is 0 Å². The molecule has 5 rings (SSSR count). The van der Waals surface area contributed by atoms with Gasteiger partial charge < -0.3 is 0 Å². The van der Waals surface area contributed by atoms with Crippen molar-refractivity contribution in [2.45, 2.75) is 39.2 Å². The van der Waals surface area contributed by atoms with Crippen LogP contribution < -0.4 is 0 Å². The first-order valence-electron chi connectivity index (χ1n) is 12.4. The van der Waals surface area contributed by atoms with E-state index in [1.54, 1.807) is 30.3 Å².